The molecule has 16 heteroatoms. The molecular weight excluding hydrogens is 780 g/mol. The molecule has 6 aromatic rings. The van der Waals surface area contributed by atoms with Crippen LogP contribution in [0.4, 0.5) is 0 Å². The van der Waals surface area contributed by atoms with Crippen LogP contribution in [-0.2, 0) is 14.3 Å². The summed E-state index contributed by atoms with van der Waals surface area (Å²) in [5, 5.41) is 29.8. The second-order valence-electron chi connectivity index (χ2n) is 13.2. The maximum absolute atomic E-state index is 12.1. The number of aryl methyl sites for hydroxylation is 4. The predicted octanol–water partition coefficient (Wildman–Crippen LogP) is 8.64. The minimum atomic E-state index is -0.926. The number of carbonyl (C=O) groups excluding carboxylic acids is 1. The summed E-state index contributed by atoms with van der Waals surface area (Å²) in [5.41, 5.74) is 7.75. The number of nitrogens with zero attached hydrogens (tertiary/aromatic N) is 8. The smallest absolute Gasteiger partial charge is 0.308 e. The molecule has 6 heterocycles. The highest BCUT2D eigenvalue weighted by Crippen LogP contribution is 2.41. The number of benzene rings is 2. The fraction of sp³-hybridized carbons (Fsp3) is 0.282. The second kappa shape index (κ2) is 15.3. The van der Waals surface area contributed by atoms with Gasteiger partial charge in [-0.1, -0.05) is 47.5 Å². The molecule has 2 aromatic carbocycles. The maximum atomic E-state index is 12.1. The van der Waals surface area contributed by atoms with Gasteiger partial charge < -0.3 is 9.84 Å². The van der Waals surface area contributed by atoms with Crippen molar-refractivity contribution in [1.82, 2.24) is 29.5 Å². The van der Waals surface area contributed by atoms with Crippen LogP contribution in [0.3, 0.4) is 0 Å². The van der Waals surface area contributed by atoms with Gasteiger partial charge in [-0.25, -0.2) is 0 Å². The lowest BCUT2D eigenvalue weighted by Crippen LogP contribution is -2.12. The topological polar surface area (TPSA) is 150 Å². The van der Waals surface area contributed by atoms with Gasteiger partial charge in [-0.3, -0.25) is 28.7 Å². The number of carboxylic acid groups (broad SMARTS) is 1. The van der Waals surface area contributed by atoms with E-state index in [1.165, 1.54) is 16.9 Å². The Kier molecular flexibility index (Phi) is 10.6. The van der Waals surface area contributed by atoms with Crippen molar-refractivity contribution in [2.75, 3.05) is 7.11 Å². The molecule has 2 aliphatic rings. The van der Waals surface area contributed by atoms with Crippen molar-refractivity contribution < 1.29 is 19.4 Å². The molecule has 2 atom stereocenters. The number of rotatable bonds is 6. The first-order chi connectivity index (χ1) is 26.3. The van der Waals surface area contributed by atoms with Gasteiger partial charge in [0.1, 0.15) is 33.7 Å². The van der Waals surface area contributed by atoms with Crippen molar-refractivity contribution in [3.05, 3.63) is 125 Å². The summed E-state index contributed by atoms with van der Waals surface area (Å²) in [6, 6.07) is 13.9. The number of aliphatic carboxylic acids is 1. The number of carbonyl (C=O) groups is 2. The number of hydrogen-bond donors (Lipinski definition) is 1. The summed E-state index contributed by atoms with van der Waals surface area (Å²) in [7, 11) is 1.38. The highest BCUT2D eigenvalue weighted by atomic mass is 35.5. The third kappa shape index (κ3) is 7.15. The number of aliphatic imine (C=N–C) groups is 2. The third-order valence-corrected chi connectivity index (χ3v) is 12.6. The zero-order valence-corrected chi connectivity index (χ0v) is 34.2. The summed E-state index contributed by atoms with van der Waals surface area (Å²) >= 11 is 15.5. The molecule has 0 fully saturated rings. The highest BCUT2D eigenvalue weighted by molar-refractivity contribution is 7.15. The van der Waals surface area contributed by atoms with Gasteiger partial charge in [-0.2, -0.15) is 0 Å². The van der Waals surface area contributed by atoms with E-state index in [1.54, 1.807) is 22.7 Å². The van der Waals surface area contributed by atoms with Crippen LogP contribution in [0, 0.1) is 41.5 Å². The summed E-state index contributed by atoms with van der Waals surface area (Å²) in [6.45, 7) is 12.1. The monoisotopic (exact) mass is 814 g/mol. The normalized spacial score (nSPS) is 15.6. The van der Waals surface area contributed by atoms with Crippen molar-refractivity contribution in [3.8, 4) is 10.0 Å². The summed E-state index contributed by atoms with van der Waals surface area (Å²) in [6.07, 6.45) is -0.0547. The van der Waals surface area contributed by atoms with Crippen molar-refractivity contribution in [2.24, 2.45) is 9.98 Å². The lowest BCUT2D eigenvalue weighted by Gasteiger charge is -2.11. The van der Waals surface area contributed by atoms with Crippen LogP contribution in [0.15, 0.2) is 58.5 Å². The molecule has 8 rings (SSSR count). The van der Waals surface area contributed by atoms with Crippen molar-refractivity contribution in [3.63, 3.8) is 0 Å². The molecule has 0 radical (unpaired) electrons. The van der Waals surface area contributed by atoms with E-state index in [2.05, 4.69) is 48.1 Å². The minimum Gasteiger partial charge on any atom is -0.481 e. The molecular formula is C39H36Cl2N8O4S2. The van der Waals surface area contributed by atoms with Gasteiger partial charge in [-0.05, 0) is 76.9 Å². The maximum Gasteiger partial charge on any atom is 0.308 e. The Morgan fingerprint density at radius 2 is 1.07 bits per heavy atom. The molecule has 55 heavy (non-hydrogen) atoms. The largest absolute Gasteiger partial charge is 0.481 e. The molecule has 4 aromatic heterocycles. The average Bonchev–Trinajstić information content (AvgIpc) is 3.84. The van der Waals surface area contributed by atoms with E-state index >= 15 is 0 Å². The van der Waals surface area contributed by atoms with E-state index < -0.39 is 18.1 Å². The Hall–Kier alpha value is -5.02. The van der Waals surface area contributed by atoms with E-state index in [9.17, 15) is 14.7 Å². The van der Waals surface area contributed by atoms with Gasteiger partial charge in [0, 0.05) is 42.1 Å². The molecule has 2 aliphatic heterocycles. The lowest BCUT2D eigenvalue weighted by molar-refractivity contribution is -0.141. The van der Waals surface area contributed by atoms with Gasteiger partial charge in [0.2, 0.25) is 0 Å². The lowest BCUT2D eigenvalue weighted by atomic mass is 9.99. The Balaban J connectivity index is 0.000000169. The van der Waals surface area contributed by atoms with Gasteiger partial charge in [0.25, 0.3) is 0 Å². The summed E-state index contributed by atoms with van der Waals surface area (Å²) in [5.74, 6) is 1.42. The van der Waals surface area contributed by atoms with E-state index in [0.29, 0.717) is 21.7 Å². The molecule has 12 nitrogen and oxygen atoms in total. The van der Waals surface area contributed by atoms with Crippen molar-refractivity contribution >= 4 is 69.2 Å². The fourth-order valence-corrected chi connectivity index (χ4v) is 9.35. The molecule has 0 unspecified atom stereocenters. The number of thiophene rings is 2. The molecule has 0 aliphatic carbocycles. The van der Waals surface area contributed by atoms with E-state index in [-0.39, 0.29) is 18.8 Å². The number of hydrogen-bond acceptors (Lipinski definition) is 11. The van der Waals surface area contributed by atoms with Crippen LogP contribution in [0.25, 0.3) is 10.0 Å². The molecule has 0 saturated heterocycles. The fourth-order valence-electron chi connectivity index (χ4n) is 6.67. The molecule has 0 amide bonds. The van der Waals surface area contributed by atoms with Crippen LogP contribution in [0.5, 0.6) is 0 Å². The van der Waals surface area contributed by atoms with Crippen LogP contribution in [0.1, 0.15) is 91.4 Å². The molecule has 282 valence electrons. The molecule has 1 N–H and O–H groups in total. The first-order valence-electron chi connectivity index (χ1n) is 17.3. The summed E-state index contributed by atoms with van der Waals surface area (Å²) < 4.78 is 8.85. The van der Waals surface area contributed by atoms with Gasteiger partial charge in [0.05, 0.1) is 31.4 Å². The van der Waals surface area contributed by atoms with Crippen LogP contribution in [0.2, 0.25) is 10.0 Å². The Labute approximate surface area is 335 Å². The predicted molar refractivity (Wildman–Crippen MR) is 215 cm³/mol. The standard InChI is InChI=1S/C20H19ClN4O2S.C19H17ClN4O2S/c1-10-11(2)28-20-17(10)18(13-5-7-14(21)8-6-13)22-15(9-16(26)27-4)19-24-23-12(3)25(19)20;1-9-10(2)27-19-16(9)17(12-4-6-13(20)7-5-12)21-14(8-15(25)26)18-23-22-11(3)24(18)19/h5-8,15H,9H2,1-4H3;4-7,14H,8H2,1-3H3,(H,25,26)/t15-;14-/m00/s1. The van der Waals surface area contributed by atoms with Crippen LogP contribution < -0.4 is 0 Å². The Morgan fingerprint density at radius 1 is 0.673 bits per heavy atom. The second-order valence-corrected chi connectivity index (χ2v) is 16.5. The first kappa shape index (κ1) is 38.3. The Bertz CT molecular complexity index is 2530. The highest BCUT2D eigenvalue weighted by Gasteiger charge is 2.34. The van der Waals surface area contributed by atoms with Crippen LogP contribution in [-0.4, -0.2) is 65.1 Å². The number of ether oxygens (including phenoxy) is 1. The third-order valence-electron chi connectivity index (χ3n) is 9.67. The number of fused-ring (bicyclic) bond motifs is 6. The van der Waals surface area contributed by atoms with Crippen molar-refractivity contribution in [2.45, 2.75) is 66.5 Å². The Morgan fingerprint density at radius 3 is 1.45 bits per heavy atom. The molecule has 0 saturated carbocycles. The van der Waals surface area contributed by atoms with Gasteiger partial charge in [0.15, 0.2) is 11.6 Å². The van der Waals surface area contributed by atoms with Gasteiger partial charge in [-0.15, -0.1) is 43.1 Å². The zero-order chi connectivity index (χ0) is 39.3. The minimum absolute atomic E-state index is 0.0959. The molecule has 0 spiro atoms. The van der Waals surface area contributed by atoms with Crippen LogP contribution >= 0.6 is 45.9 Å². The number of carboxylic acids is 1. The van der Waals surface area contributed by atoms with Crippen molar-refractivity contribution in [1.29, 1.82) is 0 Å². The average molecular weight is 816 g/mol. The van der Waals surface area contributed by atoms with E-state index in [0.717, 1.165) is 66.5 Å². The number of methoxy groups -OCH3 is 1. The van der Waals surface area contributed by atoms with E-state index in [1.807, 2.05) is 71.5 Å². The molecule has 0 bridgehead atoms. The quantitative estimate of drug-likeness (QED) is 0.164. The number of aromatic nitrogens is 6. The zero-order valence-electron chi connectivity index (χ0n) is 31.0. The number of esters is 1. The number of halogens is 2. The van der Waals surface area contributed by atoms with E-state index in [4.69, 9.17) is 37.9 Å². The first-order valence-corrected chi connectivity index (χ1v) is 19.7. The SMILES string of the molecule is COC(=O)C[C@@H]1N=C(c2ccc(Cl)cc2)c2c(sc(C)c2C)-n2c(C)nnc21.Cc1sc2c(c1C)C(c1ccc(Cl)cc1)=N[C@@H](CC(=O)O)c1nnc(C)n1-2. The van der Waals surface area contributed by atoms with Gasteiger partial charge >= 0.3 is 11.9 Å². The summed E-state index contributed by atoms with van der Waals surface area (Å²) in [4.78, 5) is 35.8.